The van der Waals surface area contributed by atoms with Gasteiger partial charge in [0.15, 0.2) is 0 Å². The van der Waals surface area contributed by atoms with Crippen LogP contribution in [0.25, 0.3) is 0 Å². The lowest BCUT2D eigenvalue weighted by Gasteiger charge is -2.65. The van der Waals surface area contributed by atoms with Gasteiger partial charge in [0, 0.05) is 21.7 Å². The molecule has 0 bridgehead atoms. The van der Waals surface area contributed by atoms with Crippen molar-refractivity contribution >= 4 is 0 Å². The zero-order valence-electron chi connectivity index (χ0n) is 18.6. The molecule has 0 aromatic rings. The Labute approximate surface area is 160 Å². The summed E-state index contributed by atoms with van der Waals surface area (Å²) in [5.41, 5.74) is -0.865. The second-order valence-corrected chi connectivity index (χ2v) is 12.1. The van der Waals surface area contributed by atoms with Crippen LogP contribution >= 0.6 is 0 Å². The summed E-state index contributed by atoms with van der Waals surface area (Å²) >= 11 is 0. The molecule has 0 aromatic carbocycles. The normalized spacial score (nSPS) is 46.4. The number of rotatable bonds is 0. The maximum atomic E-state index is 6.34. The number of hydrogen-bond acceptors (Lipinski definition) is 4. The molecule has 0 N–H and O–H groups in total. The zero-order chi connectivity index (χ0) is 19.8. The summed E-state index contributed by atoms with van der Waals surface area (Å²) in [6, 6.07) is 0. The summed E-state index contributed by atoms with van der Waals surface area (Å²) in [5.74, 6) is -0.603. The van der Waals surface area contributed by atoms with Crippen LogP contribution in [0.3, 0.4) is 0 Å². The Morgan fingerprint density at radius 2 is 0.654 bits per heavy atom. The average molecular weight is 369 g/mol. The minimum atomic E-state index is -0.910. The lowest BCUT2D eigenvalue weighted by atomic mass is 9.56. The molecule has 2 saturated carbocycles. The maximum absolute atomic E-state index is 6.34. The molecule has 4 heteroatoms. The second kappa shape index (κ2) is 5.68. The third-order valence-corrected chi connectivity index (χ3v) is 7.55. The molecule has 4 nitrogen and oxygen atoms in total. The first-order valence-corrected chi connectivity index (χ1v) is 10.4. The van der Waals surface area contributed by atoms with Crippen LogP contribution in [0.2, 0.25) is 0 Å². The first-order chi connectivity index (χ1) is 11.6. The lowest BCUT2D eigenvalue weighted by Crippen LogP contribution is -2.72. The molecule has 2 spiro atoms. The predicted octanol–water partition coefficient (Wildman–Crippen LogP) is 6.25. The Morgan fingerprint density at radius 1 is 0.462 bits per heavy atom. The van der Waals surface area contributed by atoms with Crippen molar-refractivity contribution in [1.82, 2.24) is 0 Å². The molecular formula is C22H40O4. The van der Waals surface area contributed by atoms with Crippen molar-refractivity contribution in [2.24, 2.45) is 33.5 Å². The summed E-state index contributed by atoms with van der Waals surface area (Å²) in [7, 11) is 0. The Morgan fingerprint density at radius 3 is 0.846 bits per heavy atom. The zero-order valence-corrected chi connectivity index (χ0v) is 18.6. The van der Waals surface area contributed by atoms with Gasteiger partial charge in [-0.3, -0.25) is 0 Å². The highest BCUT2D eigenvalue weighted by Crippen LogP contribution is 2.65. The first-order valence-electron chi connectivity index (χ1n) is 10.4. The van der Waals surface area contributed by atoms with E-state index in [1.165, 1.54) is 0 Å². The van der Waals surface area contributed by atoms with Gasteiger partial charge in [0.1, 0.15) is 0 Å². The van der Waals surface area contributed by atoms with Crippen LogP contribution in [-0.2, 0) is 19.6 Å². The summed E-state index contributed by atoms with van der Waals surface area (Å²) in [6.07, 6.45) is 4.06. The van der Waals surface area contributed by atoms with E-state index in [4.69, 9.17) is 19.6 Å². The van der Waals surface area contributed by atoms with Gasteiger partial charge in [0.25, 0.3) is 0 Å². The molecule has 0 unspecified atom stereocenters. The predicted molar refractivity (Wildman–Crippen MR) is 102 cm³/mol. The number of hydrogen-bond donors (Lipinski definition) is 0. The molecule has 3 aliphatic rings. The van der Waals surface area contributed by atoms with Gasteiger partial charge in [-0.15, -0.1) is 0 Å². The van der Waals surface area contributed by atoms with Crippen LogP contribution in [0.5, 0.6) is 0 Å². The van der Waals surface area contributed by atoms with E-state index >= 15 is 0 Å². The van der Waals surface area contributed by atoms with Crippen LogP contribution in [-0.4, -0.2) is 11.6 Å². The molecule has 0 atom stereocenters. The average Bonchev–Trinajstić information content (AvgIpc) is 2.41. The SMILES string of the molecule is CC1CC(C)(C)C2(OOC3(OO2)C(C)(C)CC(C)CC3(C)C)C(C)(C)C1. The monoisotopic (exact) mass is 368 g/mol. The van der Waals surface area contributed by atoms with Gasteiger partial charge in [-0.05, 0) is 37.5 Å². The van der Waals surface area contributed by atoms with Crippen molar-refractivity contribution in [3.63, 3.8) is 0 Å². The Kier molecular flexibility index (Phi) is 4.50. The highest BCUT2D eigenvalue weighted by molar-refractivity contribution is 5.06. The fourth-order valence-electron chi connectivity index (χ4n) is 7.16. The van der Waals surface area contributed by atoms with Crippen molar-refractivity contribution in [3.05, 3.63) is 0 Å². The second-order valence-electron chi connectivity index (χ2n) is 12.1. The van der Waals surface area contributed by atoms with E-state index in [1.807, 2.05) is 0 Å². The van der Waals surface area contributed by atoms with E-state index < -0.39 is 11.6 Å². The molecule has 3 rings (SSSR count). The van der Waals surface area contributed by atoms with Crippen LogP contribution in [0, 0.1) is 33.5 Å². The van der Waals surface area contributed by atoms with Gasteiger partial charge in [-0.1, -0.05) is 69.2 Å². The summed E-state index contributed by atoms with van der Waals surface area (Å²) in [6.45, 7) is 22.2. The molecule has 3 fully saturated rings. The van der Waals surface area contributed by atoms with Gasteiger partial charge in [-0.2, -0.15) is 19.6 Å². The molecule has 0 aromatic heterocycles. The molecule has 1 saturated heterocycles. The maximum Gasteiger partial charge on any atom is 0.244 e. The molecule has 26 heavy (non-hydrogen) atoms. The summed E-state index contributed by atoms with van der Waals surface area (Å²) in [4.78, 5) is 25.4. The van der Waals surface area contributed by atoms with Crippen LogP contribution in [0.1, 0.15) is 94.9 Å². The Bertz CT molecular complexity index is 462. The largest absolute Gasteiger partial charge is 0.244 e. The van der Waals surface area contributed by atoms with Crippen molar-refractivity contribution in [1.29, 1.82) is 0 Å². The standard InChI is InChI=1S/C22H40O4/c1-15-11-17(3,4)21(18(5,6)12-15)23-25-22(26-24-21)19(7,8)13-16(2)14-20(22,9)10/h15-16H,11-14H2,1-10H3. The van der Waals surface area contributed by atoms with Gasteiger partial charge in [0.2, 0.25) is 11.6 Å². The van der Waals surface area contributed by atoms with Gasteiger partial charge in [0.05, 0.1) is 0 Å². The molecule has 0 radical (unpaired) electrons. The molecular weight excluding hydrogens is 328 g/mol. The van der Waals surface area contributed by atoms with Crippen molar-refractivity contribution < 1.29 is 19.6 Å². The summed E-state index contributed by atoms with van der Waals surface area (Å²) < 4.78 is 0. The highest BCUT2D eigenvalue weighted by Gasteiger charge is 2.72. The fourth-order valence-corrected chi connectivity index (χ4v) is 7.16. The van der Waals surface area contributed by atoms with Crippen LogP contribution in [0.15, 0.2) is 0 Å². The van der Waals surface area contributed by atoms with E-state index in [0.717, 1.165) is 25.7 Å². The quantitative estimate of drug-likeness (QED) is 0.473. The first kappa shape index (κ1) is 20.6. The van der Waals surface area contributed by atoms with E-state index in [2.05, 4.69) is 69.2 Å². The molecule has 152 valence electrons. The minimum Gasteiger partial charge on any atom is -0.194 e. The van der Waals surface area contributed by atoms with E-state index in [1.54, 1.807) is 0 Å². The minimum absolute atomic E-state index is 0.216. The lowest BCUT2D eigenvalue weighted by molar-refractivity contribution is -0.712. The van der Waals surface area contributed by atoms with E-state index in [0.29, 0.717) is 11.8 Å². The van der Waals surface area contributed by atoms with Crippen molar-refractivity contribution in [2.75, 3.05) is 0 Å². The molecule has 1 aliphatic heterocycles. The summed E-state index contributed by atoms with van der Waals surface area (Å²) in [5, 5.41) is 0. The fraction of sp³-hybridized carbons (Fsp3) is 1.00. The van der Waals surface area contributed by atoms with Crippen molar-refractivity contribution in [3.8, 4) is 0 Å². The topological polar surface area (TPSA) is 36.9 Å². The van der Waals surface area contributed by atoms with Crippen molar-refractivity contribution in [2.45, 2.75) is 106 Å². The molecule has 1 heterocycles. The van der Waals surface area contributed by atoms with Crippen LogP contribution in [0.4, 0.5) is 0 Å². The van der Waals surface area contributed by atoms with Gasteiger partial charge in [-0.25, -0.2) is 0 Å². The smallest absolute Gasteiger partial charge is 0.194 e. The van der Waals surface area contributed by atoms with Gasteiger partial charge < -0.3 is 0 Å². The van der Waals surface area contributed by atoms with Gasteiger partial charge >= 0.3 is 0 Å². The van der Waals surface area contributed by atoms with Crippen LogP contribution < -0.4 is 0 Å². The Balaban J connectivity index is 1.97. The third-order valence-electron chi connectivity index (χ3n) is 7.55. The molecule has 0 amide bonds. The molecule has 2 aliphatic carbocycles. The third kappa shape index (κ3) is 2.55. The van der Waals surface area contributed by atoms with E-state index in [9.17, 15) is 0 Å². The Hall–Kier alpha value is -0.160. The highest BCUT2D eigenvalue weighted by atomic mass is 17.4. The van der Waals surface area contributed by atoms with E-state index in [-0.39, 0.29) is 21.7 Å².